The zero-order valence-electron chi connectivity index (χ0n) is 2.64. The molecule has 0 aliphatic rings. The van der Waals surface area contributed by atoms with E-state index >= 15 is 0 Å². The van der Waals surface area contributed by atoms with Crippen LogP contribution in [0, 0.1) is 0 Å². The quantitative estimate of drug-likeness (QED) is 0.505. The van der Waals surface area contributed by atoms with Crippen molar-refractivity contribution in [2.24, 2.45) is 0 Å². The van der Waals surface area contributed by atoms with Crippen molar-refractivity contribution < 1.29 is 50.6 Å². The first-order chi connectivity index (χ1) is 0. The Bertz CT molecular complexity index is 8.75. The van der Waals surface area contributed by atoms with E-state index in [2.05, 4.69) is 0 Å². The second kappa shape index (κ2) is 181. The smallest absolute Gasteiger partial charge is 2.00 e. The maximum absolute atomic E-state index is 0. The van der Waals surface area contributed by atoms with Crippen LogP contribution in [0.4, 0.5) is 0 Å². The van der Waals surface area contributed by atoms with Crippen LogP contribution in [0.2, 0.25) is 0 Å². The molecule has 0 aliphatic heterocycles. The Hall–Kier alpha value is 0.879. The number of hydrogen-bond donors (Lipinski definition) is 1. The Morgan fingerprint density at radius 2 is 0.500 bits per heavy atom. The van der Waals surface area contributed by atoms with Crippen molar-refractivity contribution in [1.82, 2.24) is 6.15 Å². The zero-order chi connectivity index (χ0) is 0. The molecular formula is H3Fe2NO3. The van der Waals surface area contributed by atoms with Crippen LogP contribution in [0.1, 0.15) is 0 Å². The molecule has 4 nitrogen and oxygen atoms in total. The molecule has 0 saturated heterocycles. The fraction of sp³-hybridized carbons (Fsp3) is 0. The predicted molar refractivity (Wildman–Crippen MR) is 7.08 cm³/mol. The van der Waals surface area contributed by atoms with Gasteiger partial charge in [0, 0.05) is 0 Å². The van der Waals surface area contributed by atoms with Gasteiger partial charge in [0.2, 0.25) is 0 Å². The van der Waals surface area contributed by atoms with Crippen LogP contribution in [-0.2, 0) is 50.6 Å². The van der Waals surface area contributed by atoms with Gasteiger partial charge in [-0.1, -0.05) is 0 Å². The maximum Gasteiger partial charge on any atom is 3.00 e. The monoisotopic (exact) mass is 177 g/mol. The zero-order valence-corrected chi connectivity index (χ0v) is 4.85. The minimum absolute atomic E-state index is 0. The van der Waals surface area contributed by atoms with Crippen LogP contribution in [0.15, 0.2) is 0 Å². The summed E-state index contributed by atoms with van der Waals surface area (Å²) in [6, 6.07) is 0. The fourth-order valence-electron chi connectivity index (χ4n) is 0. The molecule has 42 valence electrons. The van der Waals surface area contributed by atoms with E-state index in [0.29, 0.717) is 0 Å². The van der Waals surface area contributed by atoms with Crippen LogP contribution in [0.3, 0.4) is 0 Å². The Morgan fingerprint density at radius 1 is 0.500 bits per heavy atom. The largest absolute Gasteiger partial charge is 3.00 e. The summed E-state index contributed by atoms with van der Waals surface area (Å²) in [4.78, 5) is 0. The Balaban J connectivity index is 0. The minimum atomic E-state index is 0. The molecule has 3 N–H and O–H groups in total. The molecule has 6 heteroatoms. The van der Waals surface area contributed by atoms with E-state index in [0.717, 1.165) is 0 Å². The number of rotatable bonds is 0. The van der Waals surface area contributed by atoms with Gasteiger partial charge in [0.15, 0.2) is 0 Å². The van der Waals surface area contributed by atoms with Crippen molar-refractivity contribution in [3.63, 3.8) is 0 Å². The topological polar surface area (TPSA) is 120 Å². The summed E-state index contributed by atoms with van der Waals surface area (Å²) in [6.07, 6.45) is 0. The summed E-state index contributed by atoms with van der Waals surface area (Å²) < 4.78 is 0. The van der Waals surface area contributed by atoms with Crippen molar-refractivity contribution >= 4 is 0 Å². The average molecular weight is 177 g/mol. The Morgan fingerprint density at radius 3 is 0.500 bits per heavy atom. The predicted octanol–water partition coefficient (Wildman–Crippen LogP) is -0.199. The van der Waals surface area contributed by atoms with Gasteiger partial charge in [0.05, 0.1) is 0 Å². The van der Waals surface area contributed by atoms with Crippen LogP contribution in [-0.4, -0.2) is 0 Å². The summed E-state index contributed by atoms with van der Waals surface area (Å²) >= 11 is 0. The molecule has 0 saturated carbocycles. The van der Waals surface area contributed by atoms with Gasteiger partial charge in [-0.05, 0) is 0 Å². The normalized spacial score (nSPS) is 0. The average Bonchev–Trinajstić information content (AvgIpc) is 0. The molecule has 0 aromatic heterocycles. The summed E-state index contributed by atoms with van der Waals surface area (Å²) in [6.45, 7) is 0. The maximum atomic E-state index is 0. The van der Waals surface area contributed by atoms with Gasteiger partial charge < -0.3 is 22.6 Å². The van der Waals surface area contributed by atoms with E-state index in [1.807, 2.05) is 0 Å². The first-order valence-corrected chi connectivity index (χ1v) is 0. The van der Waals surface area contributed by atoms with E-state index < -0.39 is 0 Å². The third-order valence-corrected chi connectivity index (χ3v) is 0. The molecule has 0 spiro atoms. The van der Waals surface area contributed by atoms with Gasteiger partial charge in [-0.2, -0.15) is 0 Å². The molecule has 0 aliphatic carbocycles. The van der Waals surface area contributed by atoms with Gasteiger partial charge in [0.1, 0.15) is 0 Å². The van der Waals surface area contributed by atoms with Crippen LogP contribution in [0.5, 0.6) is 0 Å². The second-order valence-corrected chi connectivity index (χ2v) is 0. The van der Waals surface area contributed by atoms with Crippen LogP contribution in [0.25, 0.3) is 0 Å². The minimum Gasteiger partial charge on any atom is -2.00 e. The molecule has 6 heavy (non-hydrogen) atoms. The van der Waals surface area contributed by atoms with Crippen molar-refractivity contribution in [2.75, 3.05) is 0 Å². The summed E-state index contributed by atoms with van der Waals surface area (Å²) in [5, 5.41) is 0. The fourth-order valence-corrected chi connectivity index (χ4v) is 0. The van der Waals surface area contributed by atoms with E-state index in [4.69, 9.17) is 0 Å². The molecule has 0 amide bonds. The van der Waals surface area contributed by atoms with Crippen molar-refractivity contribution in [2.45, 2.75) is 0 Å². The third kappa shape index (κ3) is 95.0. The van der Waals surface area contributed by atoms with E-state index in [1.54, 1.807) is 0 Å². The van der Waals surface area contributed by atoms with E-state index in [1.165, 1.54) is 0 Å². The van der Waals surface area contributed by atoms with Crippen molar-refractivity contribution in [3.05, 3.63) is 0 Å². The summed E-state index contributed by atoms with van der Waals surface area (Å²) in [5.74, 6) is 0. The molecule has 0 fully saturated rings. The van der Waals surface area contributed by atoms with Crippen molar-refractivity contribution in [3.8, 4) is 0 Å². The number of hydrogen-bond acceptors (Lipinski definition) is 1. The van der Waals surface area contributed by atoms with E-state index in [9.17, 15) is 0 Å². The molecule has 0 heterocycles. The first-order valence-electron chi connectivity index (χ1n) is 0. The summed E-state index contributed by atoms with van der Waals surface area (Å²) in [5.41, 5.74) is 0. The molecule has 0 rings (SSSR count). The standard InChI is InChI=1S/2Fe.H3N.3O/h;;1H3;;;/q2*+3;;3*-2. The molecule has 2 radical (unpaired) electrons. The van der Waals surface area contributed by atoms with Gasteiger partial charge in [-0.15, -0.1) is 0 Å². The molecule has 0 aromatic rings. The van der Waals surface area contributed by atoms with Crippen molar-refractivity contribution in [1.29, 1.82) is 0 Å². The molecule has 0 unspecified atom stereocenters. The van der Waals surface area contributed by atoms with Gasteiger partial charge in [-0.25, -0.2) is 0 Å². The van der Waals surface area contributed by atoms with E-state index in [-0.39, 0.29) is 56.7 Å². The Labute approximate surface area is 57.1 Å². The van der Waals surface area contributed by atoms with Crippen LogP contribution >= 0.6 is 0 Å². The van der Waals surface area contributed by atoms with Gasteiger partial charge >= 0.3 is 34.1 Å². The SMILES string of the molecule is N.[Fe+3].[Fe+3].[O-2].[O-2].[O-2]. The van der Waals surface area contributed by atoms with Crippen LogP contribution < -0.4 is 6.15 Å². The second-order valence-electron chi connectivity index (χ2n) is 0. The van der Waals surface area contributed by atoms with Gasteiger partial charge in [0.25, 0.3) is 0 Å². The molecule has 0 aromatic carbocycles. The summed E-state index contributed by atoms with van der Waals surface area (Å²) in [7, 11) is 0. The first kappa shape index (κ1) is 308. The van der Waals surface area contributed by atoms with Gasteiger partial charge in [-0.3, -0.25) is 0 Å². The Kier molecular flexibility index (Phi) is 9290. The molecule has 0 atom stereocenters. The third-order valence-electron chi connectivity index (χ3n) is 0. The molecular weight excluding hydrogens is 174 g/mol. The molecule has 0 bridgehead atoms.